The predicted molar refractivity (Wildman–Crippen MR) is 184 cm³/mol. The molecule has 8 bridgehead atoms. The van der Waals surface area contributed by atoms with Crippen molar-refractivity contribution in [2.45, 2.75) is 161 Å². The summed E-state index contributed by atoms with van der Waals surface area (Å²) in [6.07, 6.45) is 15.1. The van der Waals surface area contributed by atoms with Gasteiger partial charge in [0.2, 0.25) is 0 Å². The van der Waals surface area contributed by atoms with Crippen LogP contribution in [0, 0.1) is 105 Å². The van der Waals surface area contributed by atoms with E-state index in [1.54, 1.807) is 0 Å². The van der Waals surface area contributed by atoms with Gasteiger partial charge in [0.05, 0.1) is 0 Å². The average Bonchev–Trinajstić information content (AvgIpc) is 2.91. The summed E-state index contributed by atoms with van der Waals surface area (Å²) in [6.45, 7) is 34.3. The Morgan fingerprint density at radius 2 is 0.595 bits per heavy atom. The Bertz CT molecular complexity index is 854. The lowest BCUT2D eigenvalue weighted by atomic mass is 9.44. The van der Waals surface area contributed by atoms with Crippen LogP contribution in [0.4, 0.5) is 0 Å². The highest BCUT2D eigenvalue weighted by molar-refractivity contribution is 5.05. The van der Waals surface area contributed by atoms with Crippen molar-refractivity contribution in [3.63, 3.8) is 0 Å². The van der Waals surface area contributed by atoms with Crippen molar-refractivity contribution in [2.75, 3.05) is 0 Å². The lowest BCUT2D eigenvalue weighted by Gasteiger charge is -2.61. The first kappa shape index (κ1) is 33.4. The van der Waals surface area contributed by atoms with Crippen LogP contribution in [0.1, 0.15) is 161 Å². The number of hydrogen-bond acceptors (Lipinski definition) is 0. The number of rotatable bonds is 0. The van der Waals surface area contributed by atoms with E-state index in [2.05, 4.69) is 96.9 Å². The van der Waals surface area contributed by atoms with Crippen molar-refractivity contribution in [2.24, 2.45) is 105 Å². The second kappa shape index (κ2) is 11.4. The van der Waals surface area contributed by atoms with E-state index < -0.39 is 0 Å². The highest BCUT2D eigenvalue weighted by atomic mass is 14.6. The summed E-state index contributed by atoms with van der Waals surface area (Å²) in [5.74, 6) is 14.4. The van der Waals surface area contributed by atoms with Crippen molar-refractivity contribution in [1.82, 2.24) is 0 Å². The summed E-state index contributed by atoms with van der Waals surface area (Å²) in [5.41, 5.74) is 2.78. The predicted octanol–water partition coefficient (Wildman–Crippen LogP) is 12.8. The summed E-state index contributed by atoms with van der Waals surface area (Å²) in [4.78, 5) is 0. The summed E-state index contributed by atoms with van der Waals surface area (Å²) in [5, 5.41) is 0. The van der Waals surface area contributed by atoms with Gasteiger partial charge in [0, 0.05) is 0 Å². The Kier molecular flexibility index (Phi) is 9.02. The average molecular weight is 581 g/mol. The molecule has 12 fully saturated rings. The first-order valence-electron chi connectivity index (χ1n) is 19.3. The molecule has 12 rings (SSSR count). The normalized spacial score (nSPS) is 51.9. The first-order chi connectivity index (χ1) is 19.3. The topological polar surface area (TPSA) is 0 Å². The molecule has 0 heterocycles. The van der Waals surface area contributed by atoms with E-state index in [1.165, 1.54) is 64.2 Å². The molecule has 42 heavy (non-hydrogen) atoms. The van der Waals surface area contributed by atoms with Gasteiger partial charge in [0.1, 0.15) is 0 Å². The van der Waals surface area contributed by atoms with E-state index in [9.17, 15) is 0 Å². The van der Waals surface area contributed by atoms with E-state index >= 15 is 0 Å². The molecule has 244 valence electrons. The van der Waals surface area contributed by atoms with Crippen LogP contribution in [-0.2, 0) is 0 Å². The molecule has 0 aromatic heterocycles. The zero-order valence-electron chi connectivity index (χ0n) is 31.2. The Hall–Kier alpha value is 0. The fraction of sp³-hybridized carbons (Fsp3) is 1.00. The first-order valence-corrected chi connectivity index (χ1v) is 19.3. The molecular formula is C42H76. The van der Waals surface area contributed by atoms with Gasteiger partial charge in [-0.1, -0.05) is 110 Å². The van der Waals surface area contributed by atoms with Crippen LogP contribution in [0.25, 0.3) is 0 Å². The van der Waals surface area contributed by atoms with Gasteiger partial charge in [-0.3, -0.25) is 0 Å². The molecule has 0 saturated heterocycles. The molecule has 12 aliphatic carbocycles. The van der Waals surface area contributed by atoms with E-state index in [1.807, 2.05) is 0 Å². The van der Waals surface area contributed by atoms with Crippen LogP contribution in [0.15, 0.2) is 0 Å². The molecule has 0 N–H and O–H groups in total. The maximum Gasteiger partial charge on any atom is -0.0295 e. The van der Waals surface area contributed by atoms with E-state index in [4.69, 9.17) is 0 Å². The van der Waals surface area contributed by atoms with Gasteiger partial charge in [-0.05, 0) is 156 Å². The standard InChI is InChI=1S/2C11H20.2C10H18/c2*1-7-5-9-6-10(8(7)2)11(9,3)4;2*1-7-4-5-8-6-9(7)10(8,2)3/h2*7-10H,5-6H2,1-4H3;2*7-9H,4-6H2,1-3H3/t2*7-,8+,9-,10-;2*7-,8+,9+/m1010/s1. The summed E-state index contributed by atoms with van der Waals surface area (Å²) < 4.78 is 0. The van der Waals surface area contributed by atoms with Gasteiger partial charge in [-0.15, -0.1) is 0 Å². The Balaban J connectivity index is 0.000000112. The van der Waals surface area contributed by atoms with Crippen LogP contribution < -0.4 is 0 Å². The molecule has 0 radical (unpaired) electrons. The van der Waals surface area contributed by atoms with Crippen molar-refractivity contribution < 1.29 is 0 Å². The fourth-order valence-electron chi connectivity index (χ4n) is 13.2. The minimum atomic E-state index is 0.686. The van der Waals surface area contributed by atoms with Crippen molar-refractivity contribution >= 4 is 0 Å². The third-order valence-electron chi connectivity index (χ3n) is 17.9. The second-order valence-electron chi connectivity index (χ2n) is 20.7. The van der Waals surface area contributed by atoms with E-state index in [0.29, 0.717) is 21.7 Å². The molecule has 14 atom stereocenters. The molecule has 0 spiro atoms. The molecule has 12 saturated carbocycles. The highest BCUT2D eigenvalue weighted by Crippen LogP contribution is 2.64. The minimum Gasteiger partial charge on any atom is -0.0622 e. The molecule has 0 aliphatic heterocycles. The van der Waals surface area contributed by atoms with Crippen molar-refractivity contribution in [3.8, 4) is 0 Å². The number of hydrogen-bond donors (Lipinski definition) is 0. The maximum atomic E-state index is 2.47. The molecule has 0 nitrogen and oxygen atoms in total. The largest absolute Gasteiger partial charge is 0.0622 e. The van der Waals surface area contributed by atoms with Crippen LogP contribution in [0.2, 0.25) is 0 Å². The molecule has 12 aliphatic rings. The van der Waals surface area contributed by atoms with E-state index in [-0.39, 0.29) is 0 Å². The summed E-state index contributed by atoms with van der Waals surface area (Å²) in [7, 11) is 0. The SMILES string of the molecule is C[C@@H]1CC[C@H]2C[C@@H]1C2(C)C.C[C@@H]1[C@@H](C)C[C@H]2C[C@@H]1C2(C)C.C[C@H]1CC[C@@H]2C[C@H]1C2(C)C.C[C@H]1[C@H](C)C[C@@H]2C[C@H]1C2(C)C. The Labute approximate surface area is 265 Å². The number of fused-ring (bicyclic) bond motifs is 8. The van der Waals surface area contributed by atoms with Crippen LogP contribution in [0.3, 0.4) is 0 Å². The van der Waals surface area contributed by atoms with Gasteiger partial charge in [0.25, 0.3) is 0 Å². The van der Waals surface area contributed by atoms with Gasteiger partial charge in [-0.25, -0.2) is 0 Å². The summed E-state index contributed by atoms with van der Waals surface area (Å²) in [6, 6.07) is 0. The third-order valence-corrected chi connectivity index (χ3v) is 17.9. The minimum absolute atomic E-state index is 0.686. The quantitative estimate of drug-likeness (QED) is 0.267. The lowest BCUT2D eigenvalue weighted by Crippen LogP contribution is -2.54. The van der Waals surface area contributed by atoms with Crippen molar-refractivity contribution in [3.05, 3.63) is 0 Å². The molecular weight excluding hydrogens is 504 g/mol. The summed E-state index contributed by atoms with van der Waals surface area (Å²) >= 11 is 0. The van der Waals surface area contributed by atoms with Gasteiger partial charge in [-0.2, -0.15) is 0 Å². The molecule has 0 aromatic carbocycles. The molecule has 0 aromatic rings. The molecule has 0 amide bonds. The fourth-order valence-corrected chi connectivity index (χ4v) is 13.2. The van der Waals surface area contributed by atoms with Gasteiger partial charge in [0.15, 0.2) is 0 Å². The zero-order chi connectivity index (χ0) is 31.2. The van der Waals surface area contributed by atoms with Crippen molar-refractivity contribution in [1.29, 1.82) is 0 Å². The molecule has 0 heteroatoms. The Morgan fingerprint density at radius 3 is 0.762 bits per heavy atom. The molecule has 0 unspecified atom stereocenters. The van der Waals surface area contributed by atoms with Gasteiger partial charge < -0.3 is 0 Å². The second-order valence-corrected chi connectivity index (χ2v) is 20.7. The maximum absolute atomic E-state index is 2.47. The van der Waals surface area contributed by atoms with Crippen LogP contribution in [0.5, 0.6) is 0 Å². The third kappa shape index (κ3) is 5.41. The monoisotopic (exact) mass is 581 g/mol. The van der Waals surface area contributed by atoms with Gasteiger partial charge >= 0.3 is 0 Å². The highest BCUT2D eigenvalue weighted by Gasteiger charge is 2.56. The van der Waals surface area contributed by atoms with E-state index in [0.717, 1.165) is 82.9 Å². The lowest BCUT2D eigenvalue weighted by molar-refractivity contribution is -0.124. The smallest absolute Gasteiger partial charge is 0.0295 e. The van der Waals surface area contributed by atoms with Crippen LogP contribution >= 0.6 is 0 Å². The van der Waals surface area contributed by atoms with Crippen LogP contribution in [-0.4, -0.2) is 0 Å². The Morgan fingerprint density at radius 1 is 0.310 bits per heavy atom. The zero-order valence-corrected chi connectivity index (χ0v) is 31.2.